The first-order valence-corrected chi connectivity index (χ1v) is 12.7. The molecule has 4 aromatic rings. The smallest absolute Gasteiger partial charge is 0.206 e. The Balaban J connectivity index is 1.41. The molecule has 5 rings (SSSR count). The lowest BCUT2D eigenvalue weighted by atomic mass is 10.0. The molecule has 0 aliphatic carbocycles. The van der Waals surface area contributed by atoms with Crippen molar-refractivity contribution in [3.63, 3.8) is 0 Å². The van der Waals surface area contributed by atoms with Crippen molar-refractivity contribution in [1.82, 2.24) is 9.55 Å². The summed E-state index contributed by atoms with van der Waals surface area (Å²) in [7, 11) is 0. The number of benzene rings is 3. The summed E-state index contributed by atoms with van der Waals surface area (Å²) in [6.07, 6.45) is 2.87. The number of aromatic nitrogens is 2. The van der Waals surface area contributed by atoms with Gasteiger partial charge in [-0.05, 0) is 72.7 Å². The molecule has 36 heavy (non-hydrogen) atoms. The molecule has 1 aromatic heterocycles. The zero-order valence-corrected chi connectivity index (χ0v) is 20.3. The van der Waals surface area contributed by atoms with Crippen LogP contribution < -0.4 is 10.1 Å². The van der Waals surface area contributed by atoms with E-state index in [4.69, 9.17) is 19.6 Å². The number of aliphatic hydroxyl groups is 2. The van der Waals surface area contributed by atoms with Crippen LogP contribution in [0.3, 0.4) is 0 Å². The van der Waals surface area contributed by atoms with E-state index in [1.807, 2.05) is 36.4 Å². The highest BCUT2D eigenvalue weighted by Gasteiger charge is 2.29. The van der Waals surface area contributed by atoms with Crippen LogP contribution in [0.15, 0.2) is 72.8 Å². The van der Waals surface area contributed by atoms with E-state index in [0.29, 0.717) is 13.2 Å². The predicted molar refractivity (Wildman–Crippen MR) is 141 cm³/mol. The van der Waals surface area contributed by atoms with Gasteiger partial charge in [0.2, 0.25) is 5.95 Å². The second-order valence-electron chi connectivity index (χ2n) is 9.13. The van der Waals surface area contributed by atoms with Crippen LogP contribution in [0, 0.1) is 0 Å². The minimum atomic E-state index is -0.168. The molecule has 1 fully saturated rings. The fraction of sp³-hybridized carbons (Fsp3) is 0.345. The van der Waals surface area contributed by atoms with Gasteiger partial charge < -0.3 is 25.0 Å². The monoisotopic (exact) mass is 487 g/mol. The molecule has 0 saturated carbocycles. The first-order chi connectivity index (χ1) is 17.7. The highest BCUT2D eigenvalue weighted by molar-refractivity contribution is 5.78. The topological polar surface area (TPSA) is 88.8 Å². The zero-order chi connectivity index (χ0) is 24.7. The molecule has 2 heterocycles. The highest BCUT2D eigenvalue weighted by Crippen LogP contribution is 2.34. The third-order valence-electron chi connectivity index (χ3n) is 6.52. The molecule has 0 unspecified atom stereocenters. The number of nitrogens with one attached hydrogen (secondary N) is 1. The average molecular weight is 488 g/mol. The van der Waals surface area contributed by atoms with Gasteiger partial charge in [0.05, 0.1) is 30.4 Å². The lowest BCUT2D eigenvalue weighted by Gasteiger charge is -2.18. The Bertz CT molecular complexity index is 1270. The summed E-state index contributed by atoms with van der Waals surface area (Å²) >= 11 is 0. The van der Waals surface area contributed by atoms with Crippen molar-refractivity contribution in [2.24, 2.45) is 0 Å². The zero-order valence-electron chi connectivity index (χ0n) is 20.3. The second-order valence-corrected chi connectivity index (χ2v) is 9.13. The summed E-state index contributed by atoms with van der Waals surface area (Å²) in [5.41, 5.74) is 5.20. The Labute approximate surface area is 211 Å². The molecule has 3 aromatic carbocycles. The molecule has 7 nitrogen and oxygen atoms in total. The summed E-state index contributed by atoms with van der Waals surface area (Å²) in [4.78, 5) is 4.85. The van der Waals surface area contributed by atoms with Crippen LogP contribution in [-0.2, 0) is 11.3 Å². The largest absolute Gasteiger partial charge is 0.494 e. The lowest BCUT2D eigenvalue weighted by molar-refractivity contribution is -0.0195. The van der Waals surface area contributed by atoms with Crippen LogP contribution in [0.2, 0.25) is 0 Å². The van der Waals surface area contributed by atoms with Crippen LogP contribution in [0.25, 0.3) is 22.2 Å². The normalized spacial score (nSPS) is 17.5. The highest BCUT2D eigenvalue weighted by atomic mass is 16.5. The molecular formula is C29H33N3O4. The number of nitrogens with zero attached hydrogens (tertiary/aromatic N) is 2. The van der Waals surface area contributed by atoms with Crippen LogP contribution in [0.4, 0.5) is 5.95 Å². The van der Waals surface area contributed by atoms with Crippen molar-refractivity contribution in [1.29, 1.82) is 0 Å². The first-order valence-electron chi connectivity index (χ1n) is 12.7. The SMILES string of the molecule is OCCCCOc1cc(CNc2nc3ccccc3n2[C@H]2CC[C@@H](CO)O2)cc(-c2ccccc2)c1. The molecule has 0 amide bonds. The fourth-order valence-corrected chi connectivity index (χ4v) is 4.70. The van der Waals surface area contributed by atoms with Gasteiger partial charge in [-0.15, -0.1) is 0 Å². The fourth-order valence-electron chi connectivity index (χ4n) is 4.70. The molecule has 3 N–H and O–H groups in total. The van der Waals surface area contributed by atoms with Crippen LogP contribution >= 0.6 is 0 Å². The Hall–Kier alpha value is -3.39. The van der Waals surface area contributed by atoms with Gasteiger partial charge in [-0.3, -0.25) is 4.57 Å². The Morgan fingerprint density at radius 1 is 0.944 bits per heavy atom. The Kier molecular flexibility index (Phi) is 7.81. The number of hydrogen-bond acceptors (Lipinski definition) is 6. The van der Waals surface area contributed by atoms with Gasteiger partial charge in [0, 0.05) is 13.2 Å². The first kappa shape index (κ1) is 24.3. The number of hydrogen-bond donors (Lipinski definition) is 3. The lowest BCUT2D eigenvalue weighted by Crippen LogP contribution is -2.16. The van der Waals surface area contributed by atoms with E-state index >= 15 is 0 Å². The van der Waals surface area contributed by atoms with Crippen LogP contribution in [-0.4, -0.2) is 45.7 Å². The quantitative estimate of drug-likeness (QED) is 0.254. The standard InChI is InChI=1S/C29H33N3O4/c33-14-6-7-15-35-25-17-21(16-23(18-25)22-8-2-1-3-9-22)19-30-29-31-26-10-4-5-11-27(26)32(29)28-13-12-24(20-34)36-28/h1-5,8-11,16-18,24,28,33-34H,6-7,12-15,19-20H2,(H,30,31)/t24-,28+/m0/s1. The maximum absolute atomic E-state index is 9.56. The summed E-state index contributed by atoms with van der Waals surface area (Å²) in [6, 6.07) is 24.6. The Morgan fingerprint density at radius 3 is 2.58 bits per heavy atom. The van der Waals surface area contributed by atoms with Gasteiger partial charge in [-0.2, -0.15) is 0 Å². The van der Waals surface area contributed by atoms with E-state index in [0.717, 1.165) is 65.1 Å². The molecule has 2 atom stereocenters. The molecule has 1 aliphatic heterocycles. The summed E-state index contributed by atoms with van der Waals surface area (Å²) in [5, 5.41) is 22.2. The Morgan fingerprint density at radius 2 is 1.78 bits per heavy atom. The van der Waals surface area contributed by atoms with Crippen molar-refractivity contribution in [2.75, 3.05) is 25.1 Å². The van der Waals surface area contributed by atoms with Gasteiger partial charge >= 0.3 is 0 Å². The summed E-state index contributed by atoms with van der Waals surface area (Å²) in [5.74, 6) is 1.56. The number of ether oxygens (including phenoxy) is 2. The van der Waals surface area contributed by atoms with E-state index in [9.17, 15) is 5.11 Å². The maximum Gasteiger partial charge on any atom is 0.206 e. The molecular weight excluding hydrogens is 454 g/mol. The number of fused-ring (bicyclic) bond motifs is 1. The number of para-hydroxylation sites is 2. The third-order valence-corrected chi connectivity index (χ3v) is 6.52. The number of imidazole rings is 1. The van der Waals surface area contributed by atoms with E-state index in [1.54, 1.807) is 0 Å². The van der Waals surface area contributed by atoms with Gasteiger partial charge in [0.25, 0.3) is 0 Å². The molecule has 1 aliphatic rings. The maximum atomic E-state index is 9.56. The van der Waals surface area contributed by atoms with Crippen molar-refractivity contribution in [3.8, 4) is 16.9 Å². The van der Waals surface area contributed by atoms with E-state index in [-0.39, 0.29) is 25.5 Å². The number of aliphatic hydroxyl groups excluding tert-OH is 2. The molecule has 0 bridgehead atoms. The molecule has 7 heteroatoms. The predicted octanol–water partition coefficient (Wildman–Crippen LogP) is 5.14. The molecule has 1 saturated heterocycles. The van der Waals surface area contributed by atoms with E-state index in [1.165, 1.54) is 0 Å². The molecule has 188 valence electrons. The van der Waals surface area contributed by atoms with E-state index < -0.39 is 0 Å². The van der Waals surface area contributed by atoms with Crippen LogP contribution in [0.5, 0.6) is 5.75 Å². The van der Waals surface area contributed by atoms with E-state index in [2.05, 4.69) is 46.3 Å². The average Bonchev–Trinajstić information content (AvgIpc) is 3.54. The van der Waals surface area contributed by atoms with Gasteiger partial charge in [-0.25, -0.2) is 4.98 Å². The van der Waals surface area contributed by atoms with Crippen molar-refractivity contribution in [2.45, 2.75) is 44.6 Å². The third kappa shape index (κ3) is 5.54. The van der Waals surface area contributed by atoms with Crippen LogP contribution in [0.1, 0.15) is 37.5 Å². The second kappa shape index (κ2) is 11.6. The summed E-state index contributed by atoms with van der Waals surface area (Å²) in [6.45, 7) is 1.33. The number of anilines is 1. The van der Waals surface area contributed by atoms with Crippen molar-refractivity contribution >= 4 is 17.0 Å². The molecule has 0 radical (unpaired) electrons. The number of rotatable bonds is 11. The van der Waals surface area contributed by atoms with Gasteiger partial charge in [-0.1, -0.05) is 42.5 Å². The summed E-state index contributed by atoms with van der Waals surface area (Å²) < 4.78 is 14.3. The molecule has 0 spiro atoms. The number of unbranched alkanes of at least 4 members (excludes halogenated alkanes) is 1. The minimum absolute atomic E-state index is 0.0270. The van der Waals surface area contributed by atoms with Crippen molar-refractivity contribution < 1.29 is 19.7 Å². The van der Waals surface area contributed by atoms with Crippen molar-refractivity contribution in [3.05, 3.63) is 78.4 Å². The van der Waals surface area contributed by atoms with Gasteiger partial charge in [0.15, 0.2) is 0 Å². The van der Waals surface area contributed by atoms with Gasteiger partial charge in [0.1, 0.15) is 12.0 Å². The minimum Gasteiger partial charge on any atom is -0.494 e.